The fourth-order valence-electron chi connectivity index (χ4n) is 3.80. The van der Waals surface area contributed by atoms with Crippen LogP contribution in [0.2, 0.25) is 0 Å². The Bertz CT molecular complexity index is 971. The number of nitrogens with one attached hydrogen (secondary N) is 1. The summed E-state index contributed by atoms with van der Waals surface area (Å²) in [7, 11) is 1.56. The molecule has 1 unspecified atom stereocenters. The number of hydrogen-bond donors (Lipinski definition) is 2. The van der Waals surface area contributed by atoms with E-state index in [9.17, 15) is 9.59 Å². The lowest BCUT2D eigenvalue weighted by Gasteiger charge is -2.33. The molecule has 0 spiro atoms. The Balaban J connectivity index is 1.72. The van der Waals surface area contributed by atoms with Crippen LogP contribution in [-0.2, 0) is 22.4 Å². The zero-order valence-electron chi connectivity index (χ0n) is 18.5. The fraction of sp³-hybridized carbons (Fsp3) is 0.417. The Morgan fingerprint density at radius 1 is 1.26 bits per heavy atom. The van der Waals surface area contributed by atoms with Gasteiger partial charge in [-0.3, -0.25) is 9.59 Å². The van der Waals surface area contributed by atoms with E-state index in [-0.39, 0.29) is 18.1 Å². The number of rotatable bonds is 7. The Morgan fingerprint density at radius 2 is 1.97 bits per heavy atom. The van der Waals surface area contributed by atoms with Gasteiger partial charge >= 0.3 is 0 Å². The molecule has 31 heavy (non-hydrogen) atoms. The minimum Gasteiger partial charge on any atom is -0.468 e. The molecule has 7 heteroatoms. The molecule has 2 aromatic rings. The second-order valence-electron chi connectivity index (χ2n) is 8.82. The van der Waals surface area contributed by atoms with Crippen molar-refractivity contribution in [2.24, 2.45) is 17.1 Å². The van der Waals surface area contributed by atoms with Crippen molar-refractivity contribution in [2.75, 3.05) is 19.2 Å². The predicted octanol–water partition coefficient (Wildman–Crippen LogP) is 4.63. The third kappa shape index (κ3) is 5.74. The summed E-state index contributed by atoms with van der Waals surface area (Å²) in [6, 6.07) is 7.31. The maximum absolute atomic E-state index is 12.5. The number of primary amides is 1. The van der Waals surface area contributed by atoms with Crippen molar-refractivity contribution in [2.45, 2.75) is 40.0 Å². The molecule has 0 bridgehead atoms. The molecule has 1 heterocycles. The van der Waals surface area contributed by atoms with Crippen molar-refractivity contribution in [1.29, 1.82) is 0 Å². The smallest absolute Gasteiger partial charge is 0.251 e. The van der Waals surface area contributed by atoms with Gasteiger partial charge in [0.1, 0.15) is 10.8 Å². The summed E-state index contributed by atoms with van der Waals surface area (Å²) in [4.78, 5) is 25.8. The molecule has 1 atom stereocenters. The van der Waals surface area contributed by atoms with Crippen molar-refractivity contribution in [3.8, 4) is 5.75 Å². The Labute approximate surface area is 187 Å². The molecule has 0 saturated carbocycles. The number of carbonyl (C=O) groups excluding carboxylic acids is 2. The lowest BCUT2D eigenvalue weighted by Crippen LogP contribution is -2.27. The molecule has 1 aromatic heterocycles. The number of amides is 2. The van der Waals surface area contributed by atoms with E-state index in [1.165, 1.54) is 17.4 Å². The third-order valence-electron chi connectivity index (χ3n) is 5.62. The summed E-state index contributed by atoms with van der Waals surface area (Å²) < 4.78 is 10.2. The van der Waals surface area contributed by atoms with Gasteiger partial charge < -0.3 is 20.5 Å². The van der Waals surface area contributed by atoms with Crippen molar-refractivity contribution in [1.82, 2.24) is 0 Å². The van der Waals surface area contributed by atoms with Gasteiger partial charge in [-0.2, -0.15) is 0 Å². The minimum atomic E-state index is -0.488. The number of thiophene rings is 1. The zero-order chi connectivity index (χ0) is 22.6. The van der Waals surface area contributed by atoms with Gasteiger partial charge in [-0.25, -0.2) is 0 Å². The topological polar surface area (TPSA) is 90.7 Å². The summed E-state index contributed by atoms with van der Waals surface area (Å²) in [6.45, 7) is 6.92. The molecule has 0 aliphatic heterocycles. The molecule has 6 nitrogen and oxygen atoms in total. The summed E-state index contributed by atoms with van der Waals surface area (Å²) >= 11 is 1.47. The van der Waals surface area contributed by atoms with Gasteiger partial charge in [-0.1, -0.05) is 32.9 Å². The van der Waals surface area contributed by atoms with Crippen LogP contribution in [0.3, 0.4) is 0 Å². The van der Waals surface area contributed by atoms with E-state index in [0.29, 0.717) is 22.2 Å². The minimum absolute atomic E-state index is 0.182. The highest BCUT2D eigenvalue weighted by Crippen LogP contribution is 2.44. The quantitative estimate of drug-likeness (QED) is 0.483. The number of nitrogens with two attached hydrogens (primary N) is 1. The maximum atomic E-state index is 12.5. The molecule has 3 rings (SSSR count). The van der Waals surface area contributed by atoms with E-state index >= 15 is 0 Å². The van der Waals surface area contributed by atoms with Crippen LogP contribution in [0.5, 0.6) is 5.75 Å². The average Bonchev–Trinajstić information content (AvgIpc) is 3.08. The number of methoxy groups -OCH3 is 1. The summed E-state index contributed by atoms with van der Waals surface area (Å²) in [5, 5.41) is 3.41. The van der Waals surface area contributed by atoms with Crippen LogP contribution in [0, 0.1) is 11.3 Å². The summed E-state index contributed by atoms with van der Waals surface area (Å²) in [6.07, 6.45) is 5.90. The first-order valence-corrected chi connectivity index (χ1v) is 11.2. The van der Waals surface area contributed by atoms with Crippen LogP contribution in [0.15, 0.2) is 30.3 Å². The largest absolute Gasteiger partial charge is 0.468 e. The maximum Gasteiger partial charge on any atom is 0.251 e. The van der Waals surface area contributed by atoms with E-state index in [1.807, 2.05) is 12.1 Å². The Kier molecular flexibility index (Phi) is 7.18. The van der Waals surface area contributed by atoms with E-state index in [4.69, 9.17) is 15.2 Å². The molecule has 2 amide bonds. The lowest BCUT2D eigenvalue weighted by molar-refractivity contribution is -0.111. The second kappa shape index (κ2) is 9.66. The van der Waals surface area contributed by atoms with Crippen LogP contribution < -0.4 is 15.8 Å². The number of anilines is 1. The SMILES string of the molecule is COCOc1ccc(/C=C/C(=O)Nc2sc3c(c2C(N)=O)CCC(C(C)(C)C)C3)cc1. The molecule has 1 aliphatic rings. The second-order valence-corrected chi connectivity index (χ2v) is 9.93. The molecule has 0 radical (unpaired) electrons. The van der Waals surface area contributed by atoms with Gasteiger partial charge in [0.15, 0.2) is 6.79 Å². The highest BCUT2D eigenvalue weighted by molar-refractivity contribution is 7.17. The normalized spacial score (nSPS) is 16.2. The van der Waals surface area contributed by atoms with Crippen LogP contribution in [0.4, 0.5) is 5.00 Å². The molecule has 3 N–H and O–H groups in total. The molecule has 0 fully saturated rings. The number of ether oxygens (including phenoxy) is 2. The van der Waals surface area contributed by atoms with Gasteiger partial charge in [0, 0.05) is 18.1 Å². The van der Waals surface area contributed by atoms with Crippen LogP contribution in [0.1, 0.15) is 53.6 Å². The van der Waals surface area contributed by atoms with Crippen molar-refractivity contribution in [3.05, 3.63) is 51.9 Å². The van der Waals surface area contributed by atoms with Gasteiger partial charge in [0.25, 0.3) is 5.91 Å². The Hall–Kier alpha value is -2.64. The van der Waals surface area contributed by atoms with Gasteiger partial charge in [0.2, 0.25) is 5.91 Å². The zero-order valence-corrected chi connectivity index (χ0v) is 19.3. The third-order valence-corrected chi connectivity index (χ3v) is 6.79. The molecule has 166 valence electrons. The van der Waals surface area contributed by atoms with Crippen molar-refractivity contribution in [3.63, 3.8) is 0 Å². The lowest BCUT2D eigenvalue weighted by atomic mass is 9.72. The van der Waals surface area contributed by atoms with E-state index in [0.717, 1.165) is 35.3 Å². The number of fused-ring (bicyclic) bond motifs is 1. The first kappa shape index (κ1) is 23.0. The van der Waals surface area contributed by atoms with Gasteiger partial charge in [0.05, 0.1) is 5.56 Å². The monoisotopic (exact) mass is 442 g/mol. The van der Waals surface area contributed by atoms with Crippen LogP contribution >= 0.6 is 11.3 Å². The standard InChI is InChI=1S/C24H30N2O4S/c1-24(2,3)16-8-11-18-19(13-16)31-23(21(18)22(25)28)26-20(27)12-7-15-5-9-17(10-6-15)30-14-29-4/h5-7,9-10,12,16H,8,11,13-14H2,1-4H3,(H2,25,28)(H,26,27)/b12-7+. The molecule has 1 aliphatic carbocycles. The molecule has 1 aromatic carbocycles. The first-order chi connectivity index (χ1) is 14.7. The van der Waals surface area contributed by atoms with Crippen LogP contribution in [-0.4, -0.2) is 25.7 Å². The highest BCUT2D eigenvalue weighted by Gasteiger charge is 2.33. The summed E-state index contributed by atoms with van der Waals surface area (Å²) in [5.41, 5.74) is 8.20. The molecular weight excluding hydrogens is 412 g/mol. The number of hydrogen-bond acceptors (Lipinski definition) is 5. The average molecular weight is 443 g/mol. The van der Waals surface area contributed by atoms with E-state index in [2.05, 4.69) is 26.1 Å². The molecule has 0 saturated heterocycles. The first-order valence-electron chi connectivity index (χ1n) is 10.3. The van der Waals surface area contributed by atoms with Crippen molar-refractivity contribution >= 4 is 34.2 Å². The predicted molar refractivity (Wildman–Crippen MR) is 124 cm³/mol. The number of benzene rings is 1. The van der Waals surface area contributed by atoms with Crippen LogP contribution in [0.25, 0.3) is 6.08 Å². The fourth-order valence-corrected chi connectivity index (χ4v) is 5.14. The van der Waals surface area contributed by atoms with E-state index in [1.54, 1.807) is 25.3 Å². The van der Waals surface area contributed by atoms with Gasteiger partial charge in [-0.05, 0) is 59.9 Å². The van der Waals surface area contributed by atoms with Gasteiger partial charge in [-0.15, -0.1) is 11.3 Å². The highest BCUT2D eigenvalue weighted by atomic mass is 32.1. The van der Waals surface area contributed by atoms with E-state index < -0.39 is 5.91 Å². The summed E-state index contributed by atoms with van der Waals surface area (Å²) in [5.74, 6) is 0.441. The molecular formula is C24H30N2O4S. The number of carbonyl (C=O) groups is 2. The Morgan fingerprint density at radius 3 is 2.58 bits per heavy atom. The van der Waals surface area contributed by atoms with Crippen molar-refractivity contribution < 1.29 is 19.1 Å².